The molecule has 20 heavy (non-hydrogen) atoms. The van der Waals surface area contributed by atoms with E-state index in [1.54, 1.807) is 12.1 Å². The highest BCUT2D eigenvalue weighted by Gasteiger charge is 2.38. The molecule has 2 unspecified atom stereocenters. The summed E-state index contributed by atoms with van der Waals surface area (Å²) in [7, 11) is -3.65. The second kappa shape index (κ2) is 5.35. The van der Waals surface area contributed by atoms with Gasteiger partial charge in [-0.2, -0.15) is 0 Å². The lowest BCUT2D eigenvalue weighted by molar-refractivity contribution is 0.186. The van der Waals surface area contributed by atoms with Crippen LogP contribution in [-0.2, 0) is 10.0 Å². The van der Waals surface area contributed by atoms with Crippen molar-refractivity contribution < 1.29 is 13.5 Å². The van der Waals surface area contributed by atoms with Gasteiger partial charge in [-0.15, -0.1) is 0 Å². The lowest BCUT2D eigenvalue weighted by Gasteiger charge is -2.32. The van der Waals surface area contributed by atoms with E-state index in [0.29, 0.717) is 6.04 Å². The summed E-state index contributed by atoms with van der Waals surface area (Å²) in [6.45, 7) is 2.03. The molecule has 0 aliphatic carbocycles. The fourth-order valence-corrected chi connectivity index (χ4v) is 4.73. The summed E-state index contributed by atoms with van der Waals surface area (Å²) >= 11 is 0. The summed E-state index contributed by atoms with van der Waals surface area (Å²) in [6.07, 6.45) is 4.26. The van der Waals surface area contributed by atoms with E-state index >= 15 is 0 Å². The van der Waals surface area contributed by atoms with Crippen LogP contribution in [0.25, 0.3) is 0 Å². The molecule has 0 radical (unpaired) electrons. The van der Waals surface area contributed by atoms with E-state index in [-0.39, 0.29) is 16.7 Å². The predicted octanol–water partition coefficient (Wildman–Crippen LogP) is 1.30. The molecule has 0 bridgehead atoms. The van der Waals surface area contributed by atoms with Gasteiger partial charge in [0, 0.05) is 18.6 Å². The molecule has 6 heteroatoms. The average Bonchev–Trinajstić information content (AvgIpc) is 2.82. The third-order valence-electron chi connectivity index (χ3n) is 4.32. The van der Waals surface area contributed by atoms with E-state index in [0.717, 1.165) is 32.4 Å². The Morgan fingerprint density at radius 1 is 1.15 bits per heavy atom. The number of nitrogens with one attached hydrogen (secondary N) is 1. The van der Waals surface area contributed by atoms with E-state index < -0.39 is 10.0 Å². The number of para-hydroxylation sites is 1. The smallest absolute Gasteiger partial charge is 0.244 e. The molecule has 2 fully saturated rings. The molecule has 3 rings (SSSR count). The van der Waals surface area contributed by atoms with Crippen LogP contribution in [0.3, 0.4) is 0 Å². The van der Waals surface area contributed by atoms with Crippen LogP contribution in [0, 0.1) is 0 Å². The van der Waals surface area contributed by atoms with Crippen molar-refractivity contribution in [1.82, 2.24) is 9.62 Å². The highest BCUT2D eigenvalue weighted by Crippen LogP contribution is 2.29. The zero-order valence-electron chi connectivity index (χ0n) is 11.3. The third kappa shape index (κ3) is 2.55. The quantitative estimate of drug-likeness (QED) is 0.882. The van der Waals surface area contributed by atoms with Crippen LogP contribution >= 0.6 is 0 Å². The molecule has 1 aromatic rings. The molecule has 0 spiro atoms. The number of hydrogen-bond acceptors (Lipinski definition) is 4. The molecule has 2 aliphatic rings. The average molecular weight is 296 g/mol. The van der Waals surface area contributed by atoms with Crippen molar-refractivity contribution in [2.75, 3.05) is 13.1 Å². The largest absolute Gasteiger partial charge is 0.507 e. The van der Waals surface area contributed by atoms with Gasteiger partial charge in [0.1, 0.15) is 10.6 Å². The molecule has 1 aromatic carbocycles. The van der Waals surface area contributed by atoms with Gasteiger partial charge < -0.3 is 5.11 Å². The number of nitrogens with zero attached hydrogens (tertiary/aromatic N) is 1. The van der Waals surface area contributed by atoms with Gasteiger partial charge in [-0.25, -0.2) is 13.1 Å². The summed E-state index contributed by atoms with van der Waals surface area (Å²) in [6, 6.07) is 6.34. The van der Waals surface area contributed by atoms with Crippen molar-refractivity contribution in [2.45, 2.75) is 42.7 Å². The van der Waals surface area contributed by atoms with E-state index in [1.807, 2.05) is 0 Å². The molecule has 110 valence electrons. The van der Waals surface area contributed by atoms with Crippen molar-refractivity contribution in [3.8, 4) is 5.75 Å². The predicted molar refractivity (Wildman–Crippen MR) is 76.0 cm³/mol. The Balaban J connectivity index is 1.79. The Morgan fingerprint density at radius 3 is 2.75 bits per heavy atom. The number of benzene rings is 1. The number of piperidine rings is 1. The minimum Gasteiger partial charge on any atom is -0.507 e. The fourth-order valence-electron chi connectivity index (χ4n) is 3.33. The van der Waals surface area contributed by atoms with E-state index in [2.05, 4.69) is 9.62 Å². The minimum atomic E-state index is -3.65. The minimum absolute atomic E-state index is 0.0331. The van der Waals surface area contributed by atoms with Gasteiger partial charge in [0.2, 0.25) is 10.0 Å². The highest BCUT2D eigenvalue weighted by atomic mass is 32.2. The molecule has 0 saturated carbocycles. The fraction of sp³-hybridized carbons (Fsp3) is 0.571. The molecule has 2 N–H and O–H groups in total. The number of rotatable bonds is 3. The van der Waals surface area contributed by atoms with Crippen LogP contribution in [0.15, 0.2) is 29.2 Å². The van der Waals surface area contributed by atoms with Crippen LogP contribution in [0.5, 0.6) is 5.75 Å². The van der Waals surface area contributed by atoms with Crippen LogP contribution in [0.4, 0.5) is 0 Å². The lowest BCUT2D eigenvalue weighted by Crippen LogP contribution is -2.46. The van der Waals surface area contributed by atoms with Crippen molar-refractivity contribution in [3.05, 3.63) is 24.3 Å². The second-order valence-electron chi connectivity index (χ2n) is 5.58. The first kappa shape index (κ1) is 13.9. The van der Waals surface area contributed by atoms with Crippen molar-refractivity contribution in [1.29, 1.82) is 0 Å². The lowest BCUT2D eigenvalue weighted by atomic mass is 10.00. The zero-order valence-corrected chi connectivity index (χ0v) is 12.1. The summed E-state index contributed by atoms with van der Waals surface area (Å²) < 4.78 is 27.6. The molecule has 0 aromatic heterocycles. The van der Waals surface area contributed by atoms with Gasteiger partial charge in [-0.1, -0.05) is 18.6 Å². The topological polar surface area (TPSA) is 69.6 Å². The molecule has 2 heterocycles. The second-order valence-corrected chi connectivity index (χ2v) is 7.27. The standard InChI is InChI=1S/C14H20N2O3S/c17-13-6-1-2-7-14(13)20(18,19)15-11-8-10-16-9-4-3-5-12(11)16/h1-2,6-7,11-12,15,17H,3-5,8-10H2. The Bertz CT molecular complexity index is 588. The van der Waals surface area contributed by atoms with Crippen LogP contribution in [-0.4, -0.2) is 43.6 Å². The SMILES string of the molecule is O=S(=O)(NC1CCN2CCCCC12)c1ccccc1O. The monoisotopic (exact) mass is 296 g/mol. The highest BCUT2D eigenvalue weighted by molar-refractivity contribution is 7.89. The Hall–Kier alpha value is -1.11. The van der Waals surface area contributed by atoms with E-state index in [1.165, 1.54) is 18.6 Å². The molecule has 5 nitrogen and oxygen atoms in total. The van der Waals surface area contributed by atoms with Gasteiger partial charge in [-0.3, -0.25) is 4.90 Å². The van der Waals surface area contributed by atoms with E-state index in [4.69, 9.17) is 0 Å². The first-order valence-electron chi connectivity index (χ1n) is 7.12. The number of phenols is 1. The first-order chi connectivity index (χ1) is 9.58. The zero-order chi connectivity index (χ0) is 14.2. The van der Waals surface area contributed by atoms with Crippen molar-refractivity contribution in [3.63, 3.8) is 0 Å². The number of hydrogen-bond donors (Lipinski definition) is 2. The Kier molecular flexibility index (Phi) is 3.70. The summed E-state index contributed by atoms with van der Waals surface area (Å²) in [5, 5.41) is 9.72. The van der Waals surface area contributed by atoms with Gasteiger partial charge in [0.25, 0.3) is 0 Å². The van der Waals surface area contributed by atoms with Gasteiger partial charge in [0.05, 0.1) is 0 Å². The first-order valence-corrected chi connectivity index (χ1v) is 8.60. The summed E-state index contributed by atoms with van der Waals surface area (Å²) in [5.41, 5.74) is 0. The van der Waals surface area contributed by atoms with Crippen LogP contribution < -0.4 is 4.72 Å². The van der Waals surface area contributed by atoms with Crippen molar-refractivity contribution in [2.24, 2.45) is 0 Å². The molecule has 2 aliphatic heterocycles. The number of sulfonamides is 1. The number of fused-ring (bicyclic) bond motifs is 1. The van der Waals surface area contributed by atoms with Gasteiger partial charge in [0.15, 0.2) is 0 Å². The maximum Gasteiger partial charge on any atom is 0.244 e. The van der Waals surface area contributed by atoms with Crippen molar-refractivity contribution >= 4 is 10.0 Å². The maximum absolute atomic E-state index is 12.4. The number of aromatic hydroxyl groups is 1. The molecular formula is C14H20N2O3S. The summed E-state index contributed by atoms with van der Waals surface area (Å²) in [4.78, 5) is 2.34. The molecule has 2 atom stereocenters. The number of phenolic OH excluding ortho intramolecular Hbond substituents is 1. The third-order valence-corrected chi connectivity index (χ3v) is 5.85. The molecular weight excluding hydrogens is 276 g/mol. The normalized spacial score (nSPS) is 27.4. The summed E-state index contributed by atoms with van der Waals surface area (Å²) in [5.74, 6) is -0.196. The molecule has 0 amide bonds. The van der Waals surface area contributed by atoms with Crippen LogP contribution in [0.1, 0.15) is 25.7 Å². The Labute approximate surface area is 119 Å². The van der Waals surface area contributed by atoms with Gasteiger partial charge in [-0.05, 0) is 37.9 Å². The van der Waals surface area contributed by atoms with Crippen LogP contribution in [0.2, 0.25) is 0 Å². The maximum atomic E-state index is 12.4. The van der Waals surface area contributed by atoms with Gasteiger partial charge >= 0.3 is 0 Å². The van der Waals surface area contributed by atoms with E-state index in [9.17, 15) is 13.5 Å². The Morgan fingerprint density at radius 2 is 1.95 bits per heavy atom. The molecule has 2 saturated heterocycles.